The van der Waals surface area contributed by atoms with E-state index < -0.39 is 0 Å². The highest BCUT2D eigenvalue weighted by atomic mass is 35.5. The fourth-order valence-electron chi connectivity index (χ4n) is 1.70. The van der Waals surface area contributed by atoms with Gasteiger partial charge in [-0.3, -0.25) is 9.98 Å². The van der Waals surface area contributed by atoms with E-state index in [0.717, 1.165) is 25.9 Å². The van der Waals surface area contributed by atoms with Crippen LogP contribution in [-0.2, 0) is 0 Å². The summed E-state index contributed by atoms with van der Waals surface area (Å²) >= 11 is 0. The maximum Gasteiger partial charge on any atom is 0.185 e. The highest BCUT2D eigenvalue weighted by molar-refractivity contribution is 5.85. The van der Waals surface area contributed by atoms with Crippen LogP contribution >= 0.6 is 12.4 Å². The zero-order valence-corrected chi connectivity index (χ0v) is 12.5. The Bertz CT molecular complexity index is 221. The second-order valence-corrected chi connectivity index (χ2v) is 4.44. The second-order valence-electron chi connectivity index (χ2n) is 4.44. The van der Waals surface area contributed by atoms with Crippen LogP contribution in [0.25, 0.3) is 0 Å². The number of hydrogen-bond donors (Lipinski definition) is 4. The van der Waals surface area contributed by atoms with Crippen molar-refractivity contribution >= 4 is 24.3 Å². The van der Waals surface area contributed by atoms with Crippen molar-refractivity contribution in [2.75, 3.05) is 13.1 Å². The Labute approximate surface area is 122 Å². The van der Waals surface area contributed by atoms with Crippen LogP contribution in [0.5, 0.6) is 0 Å². The lowest BCUT2D eigenvalue weighted by atomic mass is 10.1. The molecule has 114 valence electrons. The molecular weight excluding hydrogens is 264 g/mol. The van der Waals surface area contributed by atoms with Crippen LogP contribution in [0.15, 0.2) is 9.98 Å². The van der Waals surface area contributed by atoms with Crippen LogP contribution < -0.4 is 22.9 Å². The molecule has 0 bridgehead atoms. The number of nitrogens with zero attached hydrogens (tertiary/aromatic N) is 2. The molecule has 0 spiro atoms. The Morgan fingerprint density at radius 3 is 1.05 bits per heavy atom. The van der Waals surface area contributed by atoms with Crippen molar-refractivity contribution in [1.29, 1.82) is 0 Å². The van der Waals surface area contributed by atoms with Gasteiger partial charge in [0, 0.05) is 13.1 Å². The van der Waals surface area contributed by atoms with Gasteiger partial charge in [-0.05, 0) is 12.8 Å². The molecule has 0 aromatic heterocycles. The van der Waals surface area contributed by atoms with Gasteiger partial charge in [0.05, 0.1) is 0 Å². The SMILES string of the molecule is Cl.NC(N)=NCCCCCCCCCCN=C(N)N. The summed E-state index contributed by atoms with van der Waals surface area (Å²) in [6.07, 6.45) is 9.62. The van der Waals surface area contributed by atoms with Crippen molar-refractivity contribution in [1.82, 2.24) is 0 Å². The van der Waals surface area contributed by atoms with Crippen LogP contribution in [0.1, 0.15) is 51.4 Å². The lowest BCUT2D eigenvalue weighted by Crippen LogP contribution is -2.22. The third-order valence-corrected chi connectivity index (χ3v) is 2.65. The number of halogens is 1. The van der Waals surface area contributed by atoms with Gasteiger partial charge in [-0.15, -0.1) is 12.4 Å². The zero-order valence-electron chi connectivity index (χ0n) is 11.7. The smallest absolute Gasteiger partial charge is 0.185 e. The molecule has 0 aromatic rings. The molecular formula is C12H29ClN6. The first-order valence-electron chi connectivity index (χ1n) is 6.73. The molecule has 0 aromatic carbocycles. The molecule has 0 heterocycles. The minimum atomic E-state index is 0. The van der Waals surface area contributed by atoms with E-state index in [1.165, 1.54) is 38.5 Å². The van der Waals surface area contributed by atoms with Crippen molar-refractivity contribution in [3.63, 3.8) is 0 Å². The lowest BCUT2D eigenvalue weighted by Gasteiger charge is -2.01. The first-order chi connectivity index (χ1) is 8.63. The van der Waals surface area contributed by atoms with Gasteiger partial charge in [0.1, 0.15) is 0 Å². The summed E-state index contributed by atoms with van der Waals surface area (Å²) in [7, 11) is 0. The monoisotopic (exact) mass is 292 g/mol. The Kier molecular flexibility index (Phi) is 15.8. The first kappa shape index (κ1) is 20.2. The third kappa shape index (κ3) is 19.4. The number of nitrogens with two attached hydrogens (primary N) is 4. The zero-order chi connectivity index (χ0) is 13.6. The molecule has 8 N–H and O–H groups in total. The van der Waals surface area contributed by atoms with Crippen molar-refractivity contribution in [2.24, 2.45) is 32.9 Å². The molecule has 0 aliphatic heterocycles. The van der Waals surface area contributed by atoms with Crippen molar-refractivity contribution in [2.45, 2.75) is 51.4 Å². The Morgan fingerprint density at radius 2 is 0.789 bits per heavy atom. The summed E-state index contributed by atoms with van der Waals surface area (Å²) < 4.78 is 0. The van der Waals surface area contributed by atoms with E-state index in [9.17, 15) is 0 Å². The first-order valence-corrected chi connectivity index (χ1v) is 6.73. The minimum Gasteiger partial charge on any atom is -0.370 e. The molecule has 0 aliphatic carbocycles. The van der Waals surface area contributed by atoms with Crippen LogP contribution in [0.4, 0.5) is 0 Å². The maximum atomic E-state index is 5.23. The number of guanidine groups is 2. The average Bonchev–Trinajstić information content (AvgIpc) is 2.29. The summed E-state index contributed by atoms with van der Waals surface area (Å²) in [5, 5.41) is 0. The molecule has 0 saturated carbocycles. The van der Waals surface area contributed by atoms with Crippen LogP contribution in [0.2, 0.25) is 0 Å². The van der Waals surface area contributed by atoms with Gasteiger partial charge in [0.25, 0.3) is 0 Å². The van der Waals surface area contributed by atoms with Crippen molar-refractivity contribution in [3.8, 4) is 0 Å². The average molecular weight is 293 g/mol. The Hall–Kier alpha value is -1.17. The van der Waals surface area contributed by atoms with Crippen LogP contribution in [0.3, 0.4) is 0 Å². The Morgan fingerprint density at radius 1 is 0.526 bits per heavy atom. The number of hydrogen-bond acceptors (Lipinski definition) is 2. The van der Waals surface area contributed by atoms with Gasteiger partial charge in [0.15, 0.2) is 11.9 Å². The minimum absolute atomic E-state index is 0. The molecule has 0 rings (SSSR count). The van der Waals surface area contributed by atoms with E-state index in [1.807, 2.05) is 0 Å². The molecule has 0 radical (unpaired) electrons. The van der Waals surface area contributed by atoms with Gasteiger partial charge >= 0.3 is 0 Å². The summed E-state index contributed by atoms with van der Waals surface area (Å²) in [6, 6.07) is 0. The largest absolute Gasteiger partial charge is 0.370 e. The molecule has 0 aliphatic rings. The molecule has 0 atom stereocenters. The highest BCUT2D eigenvalue weighted by Gasteiger charge is 1.92. The van der Waals surface area contributed by atoms with E-state index in [1.54, 1.807) is 0 Å². The number of unbranched alkanes of at least 4 members (excludes halogenated alkanes) is 7. The molecule has 6 nitrogen and oxygen atoms in total. The predicted molar refractivity (Wildman–Crippen MR) is 85.5 cm³/mol. The highest BCUT2D eigenvalue weighted by Crippen LogP contribution is 2.08. The maximum absolute atomic E-state index is 5.23. The fraction of sp³-hybridized carbons (Fsp3) is 0.833. The van der Waals surface area contributed by atoms with Gasteiger partial charge in [-0.25, -0.2) is 0 Å². The summed E-state index contributed by atoms with van der Waals surface area (Å²) in [5.41, 5.74) is 20.9. The molecule has 0 fully saturated rings. The van der Waals surface area contributed by atoms with Gasteiger partial charge in [0.2, 0.25) is 0 Å². The van der Waals surface area contributed by atoms with Crippen LogP contribution in [0, 0.1) is 0 Å². The number of rotatable bonds is 11. The standard InChI is InChI=1S/C12H28N6.ClH/c13-11(14)17-9-7-5-3-1-2-4-6-8-10-18-12(15)16;/h1-10H2,(H4,13,14,17)(H4,15,16,18);1H. The van der Waals surface area contributed by atoms with Crippen LogP contribution in [-0.4, -0.2) is 25.0 Å². The summed E-state index contributed by atoms with van der Waals surface area (Å²) in [5.74, 6) is 0.381. The predicted octanol–water partition coefficient (Wildman–Crippen LogP) is 1.08. The van der Waals surface area contributed by atoms with E-state index in [4.69, 9.17) is 22.9 Å². The van der Waals surface area contributed by atoms with E-state index in [0.29, 0.717) is 0 Å². The molecule has 0 amide bonds. The number of aliphatic imine (C=N–C) groups is 2. The van der Waals surface area contributed by atoms with E-state index in [2.05, 4.69) is 9.98 Å². The quantitative estimate of drug-likeness (QED) is 0.258. The molecule has 19 heavy (non-hydrogen) atoms. The summed E-state index contributed by atoms with van der Waals surface area (Å²) in [4.78, 5) is 7.89. The van der Waals surface area contributed by atoms with Gasteiger partial charge < -0.3 is 22.9 Å². The molecule has 0 saturated heterocycles. The van der Waals surface area contributed by atoms with Crippen molar-refractivity contribution in [3.05, 3.63) is 0 Å². The summed E-state index contributed by atoms with van der Waals surface area (Å²) in [6.45, 7) is 1.50. The van der Waals surface area contributed by atoms with Gasteiger partial charge in [-0.2, -0.15) is 0 Å². The Balaban J connectivity index is 0. The van der Waals surface area contributed by atoms with Gasteiger partial charge in [-0.1, -0.05) is 38.5 Å². The normalized spacial score (nSPS) is 9.47. The van der Waals surface area contributed by atoms with E-state index >= 15 is 0 Å². The fourth-order valence-corrected chi connectivity index (χ4v) is 1.70. The van der Waals surface area contributed by atoms with Crippen molar-refractivity contribution < 1.29 is 0 Å². The van der Waals surface area contributed by atoms with E-state index in [-0.39, 0.29) is 24.3 Å². The topological polar surface area (TPSA) is 129 Å². The molecule has 7 heteroatoms. The second kappa shape index (κ2) is 14.9. The molecule has 0 unspecified atom stereocenters. The third-order valence-electron chi connectivity index (χ3n) is 2.65. The lowest BCUT2D eigenvalue weighted by molar-refractivity contribution is 0.572.